The molecule has 0 fully saturated rings. The summed E-state index contributed by atoms with van der Waals surface area (Å²) in [5.74, 6) is -0.725. The van der Waals surface area contributed by atoms with Gasteiger partial charge in [-0.25, -0.2) is 0 Å². The van der Waals surface area contributed by atoms with Crippen molar-refractivity contribution in [3.8, 4) is 5.75 Å². The second-order valence-corrected chi connectivity index (χ2v) is 5.48. The molecule has 2 rings (SSSR count). The van der Waals surface area contributed by atoms with Crippen LogP contribution in [0.4, 0.5) is 0 Å². The third-order valence-corrected chi connectivity index (χ3v) is 3.89. The van der Waals surface area contributed by atoms with Gasteiger partial charge in [0.1, 0.15) is 12.4 Å². The Bertz CT molecular complexity index is 638. The van der Waals surface area contributed by atoms with Gasteiger partial charge >= 0.3 is 5.97 Å². The fraction of sp³-hybridized carbons (Fsp3) is 0.188. The Labute approximate surface area is 133 Å². The summed E-state index contributed by atoms with van der Waals surface area (Å²) >= 11 is 11.7. The standard InChI is InChI=1S/C16H14Cl2O3/c1-10(16(19)20)12-4-2-11(3-5-12)9-21-13-6-7-14(17)15(18)8-13/h2-8,10H,9H2,1H3,(H,19,20). The van der Waals surface area contributed by atoms with Gasteiger partial charge in [0.2, 0.25) is 0 Å². The quantitative estimate of drug-likeness (QED) is 0.862. The lowest BCUT2D eigenvalue weighted by molar-refractivity contribution is -0.138. The van der Waals surface area contributed by atoms with E-state index in [0.29, 0.717) is 22.4 Å². The summed E-state index contributed by atoms with van der Waals surface area (Å²) in [6.07, 6.45) is 0. The van der Waals surface area contributed by atoms with Crippen LogP contribution in [0, 0.1) is 0 Å². The SMILES string of the molecule is CC(C(=O)O)c1ccc(COc2ccc(Cl)c(Cl)c2)cc1. The van der Waals surface area contributed by atoms with Crippen LogP contribution in [0.15, 0.2) is 42.5 Å². The highest BCUT2D eigenvalue weighted by atomic mass is 35.5. The predicted molar refractivity (Wildman–Crippen MR) is 83.3 cm³/mol. The number of benzene rings is 2. The number of rotatable bonds is 5. The number of carbonyl (C=O) groups is 1. The van der Waals surface area contributed by atoms with Gasteiger partial charge in [-0.05, 0) is 30.2 Å². The molecule has 0 bridgehead atoms. The van der Waals surface area contributed by atoms with Gasteiger partial charge < -0.3 is 9.84 Å². The molecule has 0 aliphatic carbocycles. The Balaban J connectivity index is 2.00. The van der Waals surface area contributed by atoms with E-state index in [-0.39, 0.29) is 0 Å². The molecule has 2 aromatic rings. The van der Waals surface area contributed by atoms with E-state index in [1.54, 1.807) is 37.3 Å². The van der Waals surface area contributed by atoms with Crippen LogP contribution in [0.3, 0.4) is 0 Å². The molecule has 1 unspecified atom stereocenters. The van der Waals surface area contributed by atoms with Gasteiger partial charge in [0.15, 0.2) is 0 Å². The monoisotopic (exact) mass is 324 g/mol. The number of hydrogen-bond donors (Lipinski definition) is 1. The first-order chi connectivity index (χ1) is 9.97. The second-order valence-electron chi connectivity index (χ2n) is 4.67. The normalized spacial score (nSPS) is 12.0. The zero-order valence-electron chi connectivity index (χ0n) is 11.3. The zero-order valence-corrected chi connectivity index (χ0v) is 12.9. The van der Waals surface area contributed by atoms with E-state index in [1.807, 2.05) is 12.1 Å². The lowest BCUT2D eigenvalue weighted by atomic mass is 10.0. The number of carboxylic acid groups (broad SMARTS) is 1. The Morgan fingerprint density at radius 1 is 1.14 bits per heavy atom. The molecule has 0 heterocycles. The minimum atomic E-state index is -0.838. The number of aliphatic carboxylic acids is 1. The van der Waals surface area contributed by atoms with Crippen LogP contribution in [0.25, 0.3) is 0 Å². The van der Waals surface area contributed by atoms with Gasteiger partial charge in [0, 0.05) is 6.07 Å². The number of ether oxygens (including phenoxy) is 1. The van der Waals surface area contributed by atoms with Crippen LogP contribution in [-0.2, 0) is 11.4 Å². The van der Waals surface area contributed by atoms with Gasteiger partial charge in [0.25, 0.3) is 0 Å². The highest BCUT2D eigenvalue weighted by Gasteiger charge is 2.12. The summed E-state index contributed by atoms with van der Waals surface area (Å²) in [6, 6.07) is 12.4. The fourth-order valence-corrected chi connectivity index (χ4v) is 2.07. The van der Waals surface area contributed by atoms with Crippen LogP contribution >= 0.6 is 23.2 Å². The fourth-order valence-electron chi connectivity index (χ4n) is 1.78. The molecule has 0 spiro atoms. The Hall–Kier alpha value is -1.71. The van der Waals surface area contributed by atoms with E-state index >= 15 is 0 Å². The van der Waals surface area contributed by atoms with E-state index in [4.69, 9.17) is 33.0 Å². The average molecular weight is 325 g/mol. The molecular weight excluding hydrogens is 311 g/mol. The Morgan fingerprint density at radius 2 is 1.81 bits per heavy atom. The smallest absolute Gasteiger partial charge is 0.310 e. The molecule has 21 heavy (non-hydrogen) atoms. The van der Waals surface area contributed by atoms with Gasteiger partial charge in [-0.1, -0.05) is 47.5 Å². The second kappa shape index (κ2) is 6.83. The Kier molecular flexibility index (Phi) is 5.10. The van der Waals surface area contributed by atoms with Crippen molar-refractivity contribution in [1.82, 2.24) is 0 Å². The first-order valence-electron chi connectivity index (χ1n) is 6.37. The maximum Gasteiger partial charge on any atom is 0.310 e. The lowest BCUT2D eigenvalue weighted by Crippen LogP contribution is -2.07. The first kappa shape index (κ1) is 15.7. The minimum absolute atomic E-state index is 0.375. The maximum absolute atomic E-state index is 10.9. The minimum Gasteiger partial charge on any atom is -0.489 e. The van der Waals surface area contributed by atoms with Crippen molar-refractivity contribution in [2.75, 3.05) is 0 Å². The average Bonchev–Trinajstić information content (AvgIpc) is 2.48. The van der Waals surface area contributed by atoms with E-state index in [1.165, 1.54) is 0 Å². The highest BCUT2D eigenvalue weighted by molar-refractivity contribution is 6.42. The third-order valence-electron chi connectivity index (χ3n) is 3.15. The van der Waals surface area contributed by atoms with E-state index in [9.17, 15) is 4.79 Å². The first-order valence-corrected chi connectivity index (χ1v) is 7.12. The maximum atomic E-state index is 10.9. The summed E-state index contributed by atoms with van der Waals surface area (Å²) in [5, 5.41) is 9.88. The highest BCUT2D eigenvalue weighted by Crippen LogP contribution is 2.27. The van der Waals surface area contributed by atoms with E-state index in [0.717, 1.165) is 11.1 Å². The summed E-state index contributed by atoms with van der Waals surface area (Å²) < 4.78 is 5.62. The van der Waals surface area contributed by atoms with Gasteiger partial charge in [-0.3, -0.25) is 4.79 Å². The van der Waals surface area contributed by atoms with Crippen molar-refractivity contribution in [3.63, 3.8) is 0 Å². The summed E-state index contributed by atoms with van der Waals surface area (Å²) in [4.78, 5) is 10.9. The van der Waals surface area contributed by atoms with Gasteiger partial charge in [0.05, 0.1) is 16.0 Å². The summed E-state index contributed by atoms with van der Waals surface area (Å²) in [5.41, 5.74) is 1.71. The predicted octanol–water partition coefficient (Wildman–Crippen LogP) is 4.76. The molecule has 0 amide bonds. The van der Waals surface area contributed by atoms with Crippen LogP contribution in [0.2, 0.25) is 10.0 Å². The van der Waals surface area contributed by atoms with Gasteiger partial charge in [-0.15, -0.1) is 0 Å². The van der Waals surface area contributed by atoms with Crippen molar-refractivity contribution >= 4 is 29.2 Å². The summed E-state index contributed by atoms with van der Waals surface area (Å²) in [7, 11) is 0. The summed E-state index contributed by atoms with van der Waals surface area (Å²) in [6.45, 7) is 2.03. The molecule has 0 aliphatic rings. The van der Waals surface area contributed by atoms with Crippen molar-refractivity contribution in [2.24, 2.45) is 0 Å². The molecule has 2 aromatic carbocycles. The van der Waals surface area contributed by atoms with Gasteiger partial charge in [-0.2, -0.15) is 0 Å². The van der Waals surface area contributed by atoms with Crippen molar-refractivity contribution in [2.45, 2.75) is 19.4 Å². The largest absolute Gasteiger partial charge is 0.489 e. The van der Waals surface area contributed by atoms with Crippen molar-refractivity contribution in [1.29, 1.82) is 0 Å². The number of hydrogen-bond acceptors (Lipinski definition) is 2. The topological polar surface area (TPSA) is 46.5 Å². The van der Waals surface area contributed by atoms with Crippen LogP contribution < -0.4 is 4.74 Å². The van der Waals surface area contributed by atoms with Crippen LogP contribution in [0.5, 0.6) is 5.75 Å². The lowest BCUT2D eigenvalue weighted by Gasteiger charge is -2.09. The van der Waals surface area contributed by atoms with E-state index < -0.39 is 11.9 Å². The molecule has 0 aliphatic heterocycles. The molecule has 3 nitrogen and oxygen atoms in total. The molecule has 110 valence electrons. The molecule has 1 N–H and O–H groups in total. The Morgan fingerprint density at radius 3 is 2.38 bits per heavy atom. The third kappa shape index (κ3) is 4.13. The van der Waals surface area contributed by atoms with E-state index in [2.05, 4.69) is 0 Å². The molecule has 0 saturated carbocycles. The van der Waals surface area contributed by atoms with Crippen molar-refractivity contribution < 1.29 is 14.6 Å². The molecule has 0 aromatic heterocycles. The molecule has 0 radical (unpaired) electrons. The number of halogens is 2. The zero-order chi connectivity index (χ0) is 15.4. The molecule has 1 atom stereocenters. The van der Waals surface area contributed by atoms with Crippen LogP contribution in [-0.4, -0.2) is 11.1 Å². The van der Waals surface area contributed by atoms with Crippen LogP contribution in [0.1, 0.15) is 24.0 Å². The number of carboxylic acids is 1. The molecular formula is C16H14Cl2O3. The van der Waals surface area contributed by atoms with Crippen molar-refractivity contribution in [3.05, 3.63) is 63.6 Å². The molecule has 0 saturated heterocycles. The molecule has 5 heteroatoms.